The Morgan fingerprint density at radius 1 is 1.07 bits per heavy atom. The Labute approximate surface area is 239 Å². The topological polar surface area (TPSA) is 102 Å². The molecule has 3 heterocycles. The maximum atomic E-state index is 13.5. The first-order valence-electron chi connectivity index (χ1n) is 13.6. The first kappa shape index (κ1) is 27.8. The van der Waals surface area contributed by atoms with E-state index >= 15 is 0 Å². The summed E-state index contributed by atoms with van der Waals surface area (Å²) in [5.41, 5.74) is 12.7. The molecule has 0 aliphatic carbocycles. The minimum atomic E-state index is -0.156. The molecule has 0 atom stereocenters. The number of carbonyl (C=O) groups is 2. The highest BCUT2D eigenvalue weighted by molar-refractivity contribution is 7.16. The van der Waals surface area contributed by atoms with Crippen molar-refractivity contribution in [2.45, 2.75) is 59.4 Å². The Morgan fingerprint density at radius 3 is 2.58 bits per heavy atom. The first-order valence-corrected chi connectivity index (χ1v) is 14.4. The van der Waals surface area contributed by atoms with Crippen LogP contribution < -0.4 is 26.6 Å². The van der Waals surface area contributed by atoms with Gasteiger partial charge in [-0.25, -0.2) is 4.98 Å². The summed E-state index contributed by atoms with van der Waals surface area (Å²) >= 11 is 1.38. The first-order chi connectivity index (χ1) is 19.0. The summed E-state index contributed by atoms with van der Waals surface area (Å²) in [4.78, 5) is 32.4. The fraction of sp³-hybridized carbons (Fsp3) is 0.367. The van der Waals surface area contributed by atoms with Crippen molar-refractivity contribution in [3.8, 4) is 0 Å². The lowest BCUT2D eigenvalue weighted by Crippen LogP contribution is -2.36. The number of aryl methyl sites for hydroxylation is 1. The van der Waals surface area contributed by atoms with Gasteiger partial charge in [-0.1, -0.05) is 44.2 Å². The quantitative estimate of drug-likeness (QED) is 0.308. The molecular weight excluding hydrogens is 522 g/mol. The Balaban J connectivity index is 1.35. The third-order valence-electron chi connectivity index (χ3n) is 7.08. The molecular formula is C30H37N7O2S. The Bertz CT molecular complexity index is 1450. The van der Waals surface area contributed by atoms with Crippen LogP contribution in [0.5, 0.6) is 0 Å². The van der Waals surface area contributed by atoms with Gasteiger partial charge in [-0.2, -0.15) is 0 Å². The molecule has 1 fully saturated rings. The Morgan fingerprint density at radius 2 is 1.85 bits per heavy atom. The molecule has 2 aromatic carbocycles. The van der Waals surface area contributed by atoms with Gasteiger partial charge in [-0.15, -0.1) is 5.53 Å². The number of anilines is 3. The van der Waals surface area contributed by atoms with Crippen LogP contribution in [0, 0.1) is 6.92 Å². The molecule has 5 rings (SSSR count). The number of amides is 2. The van der Waals surface area contributed by atoms with E-state index in [1.807, 2.05) is 48.5 Å². The predicted octanol–water partition coefficient (Wildman–Crippen LogP) is 5.38. The molecule has 4 N–H and O–H groups in total. The number of hydrogen-bond donors (Lipinski definition) is 4. The number of likely N-dealkylation sites (tertiary alicyclic amines) is 1. The van der Waals surface area contributed by atoms with E-state index in [-0.39, 0.29) is 17.2 Å². The van der Waals surface area contributed by atoms with Gasteiger partial charge in [-0.3, -0.25) is 19.5 Å². The zero-order valence-electron chi connectivity index (χ0n) is 23.7. The molecule has 1 saturated heterocycles. The SMILES string of the molecule is CC(=O)Nc1ncc(C2=CN(c3cc(NC(=O)c4cc(CN5CCCC5)cc(C(C)(C)C)c4)ccc3C)NN2)s1. The van der Waals surface area contributed by atoms with Gasteiger partial charge in [-0.05, 0) is 79.2 Å². The molecule has 2 amide bonds. The highest BCUT2D eigenvalue weighted by Crippen LogP contribution is 2.31. The number of carbonyl (C=O) groups excluding carboxylic acids is 2. The van der Waals surface area contributed by atoms with Gasteiger partial charge in [0.05, 0.1) is 16.3 Å². The van der Waals surface area contributed by atoms with Gasteiger partial charge in [0.1, 0.15) is 0 Å². The van der Waals surface area contributed by atoms with Gasteiger partial charge in [0.15, 0.2) is 5.13 Å². The number of rotatable bonds is 7. The average Bonchev–Trinajstić information content (AvgIpc) is 3.66. The van der Waals surface area contributed by atoms with Gasteiger partial charge in [0.2, 0.25) is 5.91 Å². The van der Waals surface area contributed by atoms with Crippen LogP contribution in [0.3, 0.4) is 0 Å². The molecule has 0 spiro atoms. The van der Waals surface area contributed by atoms with E-state index in [1.165, 1.54) is 36.7 Å². The molecule has 40 heavy (non-hydrogen) atoms. The summed E-state index contributed by atoms with van der Waals surface area (Å²) in [5, 5.41) is 8.24. The van der Waals surface area contributed by atoms with Crippen molar-refractivity contribution in [1.29, 1.82) is 0 Å². The van der Waals surface area contributed by atoms with Crippen molar-refractivity contribution in [2.75, 3.05) is 28.7 Å². The number of nitrogens with zero attached hydrogens (tertiary/aromatic N) is 3. The van der Waals surface area contributed by atoms with Crippen LogP contribution in [-0.4, -0.2) is 34.8 Å². The fourth-order valence-corrected chi connectivity index (χ4v) is 5.70. The molecule has 3 aromatic rings. The van der Waals surface area contributed by atoms with Crippen molar-refractivity contribution in [2.24, 2.45) is 0 Å². The predicted molar refractivity (Wildman–Crippen MR) is 162 cm³/mol. The van der Waals surface area contributed by atoms with Gasteiger partial charge in [0, 0.05) is 37.1 Å². The Hall–Kier alpha value is -3.73. The highest BCUT2D eigenvalue weighted by Gasteiger charge is 2.21. The zero-order chi connectivity index (χ0) is 28.4. The van der Waals surface area contributed by atoms with Crippen molar-refractivity contribution in [3.63, 3.8) is 0 Å². The summed E-state index contributed by atoms with van der Waals surface area (Å²) in [6.45, 7) is 13.1. The smallest absolute Gasteiger partial charge is 0.255 e. The van der Waals surface area contributed by atoms with Gasteiger partial charge in [0.25, 0.3) is 5.91 Å². The third kappa shape index (κ3) is 6.52. The van der Waals surface area contributed by atoms with Crippen molar-refractivity contribution in [1.82, 2.24) is 20.8 Å². The Kier molecular flexibility index (Phi) is 7.93. The highest BCUT2D eigenvalue weighted by atomic mass is 32.1. The largest absolute Gasteiger partial charge is 0.322 e. The van der Waals surface area contributed by atoms with Crippen LogP contribution in [0.1, 0.15) is 72.5 Å². The molecule has 0 radical (unpaired) electrons. The lowest BCUT2D eigenvalue weighted by molar-refractivity contribution is -0.114. The van der Waals surface area contributed by atoms with Gasteiger partial charge >= 0.3 is 0 Å². The number of hydrogen-bond acceptors (Lipinski definition) is 8. The van der Waals surface area contributed by atoms with Crippen LogP contribution >= 0.6 is 11.3 Å². The van der Waals surface area contributed by atoms with Crippen LogP contribution in [0.25, 0.3) is 5.70 Å². The monoisotopic (exact) mass is 559 g/mol. The number of nitrogens with one attached hydrogen (secondary N) is 4. The number of benzene rings is 2. The second kappa shape index (κ2) is 11.4. The maximum absolute atomic E-state index is 13.5. The lowest BCUT2D eigenvalue weighted by atomic mass is 9.85. The van der Waals surface area contributed by atoms with Crippen molar-refractivity contribution >= 4 is 45.4 Å². The normalized spacial score (nSPS) is 15.6. The number of hydrazine groups is 2. The molecule has 9 nitrogen and oxygen atoms in total. The molecule has 2 aliphatic heterocycles. The van der Waals surface area contributed by atoms with Crippen molar-refractivity contribution < 1.29 is 9.59 Å². The fourth-order valence-electron chi connectivity index (χ4n) is 4.87. The van der Waals surface area contributed by atoms with E-state index in [2.05, 4.69) is 58.3 Å². The molecule has 1 aromatic heterocycles. The van der Waals surface area contributed by atoms with E-state index < -0.39 is 0 Å². The zero-order valence-corrected chi connectivity index (χ0v) is 24.5. The summed E-state index contributed by atoms with van der Waals surface area (Å²) in [7, 11) is 0. The molecule has 0 bridgehead atoms. The van der Waals surface area contributed by atoms with Crippen molar-refractivity contribution in [3.05, 3.63) is 75.9 Å². The lowest BCUT2D eigenvalue weighted by Gasteiger charge is -2.23. The maximum Gasteiger partial charge on any atom is 0.255 e. The molecule has 0 unspecified atom stereocenters. The summed E-state index contributed by atoms with van der Waals surface area (Å²) < 4.78 is 0. The third-order valence-corrected chi connectivity index (χ3v) is 8.02. The van der Waals surface area contributed by atoms with Crippen LogP contribution in [0.4, 0.5) is 16.5 Å². The molecule has 2 aliphatic rings. The van der Waals surface area contributed by atoms with E-state index in [9.17, 15) is 9.59 Å². The second-order valence-corrected chi connectivity index (χ2v) is 12.5. The molecule has 10 heteroatoms. The summed E-state index contributed by atoms with van der Waals surface area (Å²) in [6, 6.07) is 12.2. The standard InChI is InChI=1S/C30H37N7O2S/c1-19-8-9-24(15-26(19)37-18-25(34-35-37)27-16-31-29(40-27)32-20(2)38)33-28(39)22-12-21(17-36-10-6-7-11-36)13-23(14-22)30(3,4)5/h8-9,12-16,18,34-35H,6-7,10-11,17H2,1-5H3,(H,33,39)(H,31,32,38). The molecule has 210 valence electrons. The van der Waals surface area contributed by atoms with E-state index in [1.54, 1.807) is 6.20 Å². The van der Waals surface area contributed by atoms with Crippen LogP contribution in [0.15, 0.2) is 48.8 Å². The van der Waals surface area contributed by atoms with Gasteiger partial charge < -0.3 is 16.1 Å². The van der Waals surface area contributed by atoms with Crippen LogP contribution in [-0.2, 0) is 16.8 Å². The minimum Gasteiger partial charge on any atom is -0.322 e. The average molecular weight is 560 g/mol. The second-order valence-electron chi connectivity index (χ2n) is 11.5. The van der Waals surface area contributed by atoms with E-state index in [0.29, 0.717) is 16.4 Å². The summed E-state index contributed by atoms with van der Waals surface area (Å²) in [5.74, 6) is -0.279. The van der Waals surface area contributed by atoms with E-state index in [0.717, 1.165) is 47.0 Å². The minimum absolute atomic E-state index is 0.0630. The molecule has 0 saturated carbocycles. The number of aromatic nitrogens is 1. The summed E-state index contributed by atoms with van der Waals surface area (Å²) in [6.07, 6.45) is 6.12. The van der Waals surface area contributed by atoms with E-state index in [4.69, 9.17) is 0 Å². The van der Waals surface area contributed by atoms with Crippen LogP contribution in [0.2, 0.25) is 0 Å². The number of thiazole rings is 1.